The number of hydrogen-bond donors (Lipinski definition) is 1. The monoisotopic (exact) mass is 277 g/mol. The van der Waals surface area contributed by atoms with Gasteiger partial charge >= 0.3 is 0 Å². The summed E-state index contributed by atoms with van der Waals surface area (Å²) in [6.07, 6.45) is 8.09. The first-order chi connectivity index (χ1) is 9.28. The van der Waals surface area contributed by atoms with E-state index in [2.05, 4.69) is 22.5 Å². The lowest BCUT2D eigenvalue weighted by molar-refractivity contribution is 0.135. The van der Waals surface area contributed by atoms with E-state index >= 15 is 0 Å². The maximum atomic E-state index is 4.87. The summed E-state index contributed by atoms with van der Waals surface area (Å²) in [5.41, 5.74) is 1.35. The van der Waals surface area contributed by atoms with Gasteiger partial charge in [-0.1, -0.05) is 6.42 Å². The molecule has 4 rings (SSSR count). The third kappa shape index (κ3) is 2.05. The second kappa shape index (κ2) is 4.54. The zero-order chi connectivity index (χ0) is 12.9. The van der Waals surface area contributed by atoms with Gasteiger partial charge in [-0.05, 0) is 45.6 Å². The number of thiazole rings is 1. The van der Waals surface area contributed by atoms with Crippen LogP contribution in [0.2, 0.25) is 0 Å². The van der Waals surface area contributed by atoms with Gasteiger partial charge in [-0.2, -0.15) is 0 Å². The molecule has 0 radical (unpaired) electrons. The molecule has 0 spiro atoms. The maximum absolute atomic E-state index is 4.87. The zero-order valence-electron chi connectivity index (χ0n) is 11.7. The van der Waals surface area contributed by atoms with E-state index in [4.69, 9.17) is 4.98 Å². The molecule has 1 aromatic rings. The molecule has 2 atom stereocenters. The number of rotatable bonds is 3. The number of nitrogens with zero attached hydrogens (tertiary/aromatic N) is 2. The summed E-state index contributed by atoms with van der Waals surface area (Å²) in [7, 11) is 0. The highest BCUT2D eigenvalue weighted by atomic mass is 32.1. The fraction of sp³-hybridized carbons (Fsp3) is 0.800. The standard InChI is InChI=1S/C15H23N3S/c1-11-10-19-14(16-11)15(17-12-5-6-12)7-9-18-8-3-2-4-13(15)18/h10,12-13,17H,2-9H2,1H3. The Hall–Kier alpha value is -0.450. The number of nitrogens with one attached hydrogen (secondary N) is 1. The molecule has 0 aromatic carbocycles. The average Bonchev–Trinajstić information content (AvgIpc) is 3.00. The van der Waals surface area contributed by atoms with E-state index in [0.29, 0.717) is 6.04 Å². The van der Waals surface area contributed by atoms with Crippen molar-refractivity contribution in [3.63, 3.8) is 0 Å². The molecule has 0 amide bonds. The summed E-state index contributed by atoms with van der Waals surface area (Å²) in [6, 6.07) is 1.44. The van der Waals surface area contributed by atoms with Crippen LogP contribution in [0.3, 0.4) is 0 Å². The Labute approximate surface area is 119 Å². The number of aryl methyl sites for hydroxylation is 1. The first-order valence-electron chi connectivity index (χ1n) is 7.72. The Bertz CT molecular complexity index is 468. The highest BCUT2D eigenvalue weighted by Gasteiger charge is 2.52. The van der Waals surface area contributed by atoms with Gasteiger partial charge in [-0.15, -0.1) is 11.3 Å². The minimum absolute atomic E-state index is 0.167. The second-order valence-electron chi connectivity index (χ2n) is 6.48. The van der Waals surface area contributed by atoms with E-state index < -0.39 is 0 Å². The molecule has 1 aromatic heterocycles. The molecule has 104 valence electrons. The minimum Gasteiger partial charge on any atom is -0.301 e. The van der Waals surface area contributed by atoms with E-state index in [0.717, 1.165) is 6.04 Å². The quantitative estimate of drug-likeness (QED) is 0.920. The van der Waals surface area contributed by atoms with Crippen molar-refractivity contribution in [3.05, 3.63) is 16.1 Å². The summed E-state index contributed by atoms with van der Waals surface area (Å²) >= 11 is 1.87. The Morgan fingerprint density at radius 2 is 2.21 bits per heavy atom. The molecular formula is C15H23N3S. The molecular weight excluding hydrogens is 254 g/mol. The number of hydrogen-bond acceptors (Lipinski definition) is 4. The van der Waals surface area contributed by atoms with Crippen LogP contribution in [0.1, 0.15) is 49.2 Å². The van der Waals surface area contributed by atoms with Gasteiger partial charge in [-0.3, -0.25) is 4.90 Å². The molecule has 19 heavy (non-hydrogen) atoms. The molecule has 1 N–H and O–H groups in total. The van der Waals surface area contributed by atoms with Crippen LogP contribution in [0.25, 0.3) is 0 Å². The van der Waals surface area contributed by atoms with E-state index in [1.165, 1.54) is 62.3 Å². The highest BCUT2D eigenvalue weighted by molar-refractivity contribution is 7.09. The Morgan fingerprint density at radius 3 is 2.95 bits per heavy atom. The summed E-state index contributed by atoms with van der Waals surface area (Å²) < 4.78 is 0. The van der Waals surface area contributed by atoms with Crippen molar-refractivity contribution in [2.45, 2.75) is 63.1 Å². The average molecular weight is 277 g/mol. The predicted molar refractivity (Wildman–Crippen MR) is 78.5 cm³/mol. The SMILES string of the molecule is Cc1csc(C2(NC3CC3)CCN3CCCCC32)n1. The molecule has 3 heterocycles. The third-order valence-corrected chi connectivity index (χ3v) is 6.15. The zero-order valence-corrected chi connectivity index (χ0v) is 12.5. The van der Waals surface area contributed by atoms with Crippen LogP contribution in [-0.2, 0) is 5.54 Å². The van der Waals surface area contributed by atoms with Gasteiger partial charge in [0.2, 0.25) is 0 Å². The number of fused-ring (bicyclic) bond motifs is 1. The minimum atomic E-state index is 0.167. The van der Waals surface area contributed by atoms with Gasteiger partial charge in [-0.25, -0.2) is 4.98 Å². The molecule has 0 bridgehead atoms. The van der Waals surface area contributed by atoms with E-state index in [1.807, 2.05) is 11.3 Å². The van der Waals surface area contributed by atoms with Crippen molar-refractivity contribution in [1.82, 2.24) is 15.2 Å². The molecule has 1 saturated carbocycles. The molecule has 2 unspecified atom stereocenters. The fourth-order valence-electron chi connectivity index (χ4n) is 3.93. The lowest BCUT2D eigenvalue weighted by Gasteiger charge is -2.40. The first-order valence-corrected chi connectivity index (χ1v) is 8.60. The maximum Gasteiger partial charge on any atom is 0.115 e. The van der Waals surface area contributed by atoms with Crippen molar-refractivity contribution in [2.24, 2.45) is 0 Å². The van der Waals surface area contributed by atoms with Gasteiger partial charge in [0.1, 0.15) is 5.01 Å². The largest absolute Gasteiger partial charge is 0.301 e. The number of aromatic nitrogens is 1. The molecule has 2 saturated heterocycles. The fourth-order valence-corrected chi connectivity index (χ4v) is 4.97. The Kier molecular flexibility index (Phi) is 2.94. The second-order valence-corrected chi connectivity index (χ2v) is 7.34. The smallest absolute Gasteiger partial charge is 0.115 e. The van der Waals surface area contributed by atoms with Crippen LogP contribution >= 0.6 is 11.3 Å². The van der Waals surface area contributed by atoms with Gasteiger partial charge in [0, 0.05) is 29.7 Å². The van der Waals surface area contributed by atoms with Gasteiger partial charge in [0.15, 0.2) is 0 Å². The van der Waals surface area contributed by atoms with Gasteiger partial charge in [0.05, 0.1) is 5.54 Å². The molecule has 3 aliphatic rings. The molecule has 2 aliphatic heterocycles. The normalized spacial score (nSPS) is 35.5. The molecule has 4 heteroatoms. The molecule has 3 fully saturated rings. The Balaban J connectivity index is 1.71. The van der Waals surface area contributed by atoms with Crippen LogP contribution < -0.4 is 5.32 Å². The lowest BCUT2D eigenvalue weighted by Crippen LogP contribution is -2.54. The summed E-state index contributed by atoms with van der Waals surface area (Å²) in [5, 5.41) is 7.57. The van der Waals surface area contributed by atoms with Crippen molar-refractivity contribution < 1.29 is 0 Å². The molecule has 1 aliphatic carbocycles. The van der Waals surface area contributed by atoms with Crippen LogP contribution in [0.5, 0.6) is 0 Å². The van der Waals surface area contributed by atoms with Crippen LogP contribution in [0, 0.1) is 6.92 Å². The van der Waals surface area contributed by atoms with Gasteiger partial charge in [0.25, 0.3) is 0 Å². The van der Waals surface area contributed by atoms with Crippen LogP contribution in [0.4, 0.5) is 0 Å². The van der Waals surface area contributed by atoms with E-state index in [-0.39, 0.29) is 5.54 Å². The molecule has 3 nitrogen and oxygen atoms in total. The first kappa shape index (κ1) is 12.3. The van der Waals surface area contributed by atoms with Crippen molar-refractivity contribution in [1.29, 1.82) is 0 Å². The summed E-state index contributed by atoms with van der Waals surface area (Å²) in [5.74, 6) is 0. The highest BCUT2D eigenvalue weighted by Crippen LogP contribution is 2.45. The number of piperidine rings is 1. The third-order valence-electron chi connectivity index (χ3n) is 5.02. The van der Waals surface area contributed by atoms with Crippen molar-refractivity contribution in [2.75, 3.05) is 13.1 Å². The van der Waals surface area contributed by atoms with E-state index in [1.54, 1.807) is 0 Å². The topological polar surface area (TPSA) is 28.2 Å². The van der Waals surface area contributed by atoms with Crippen LogP contribution in [-0.4, -0.2) is 35.1 Å². The van der Waals surface area contributed by atoms with Crippen LogP contribution in [0.15, 0.2) is 5.38 Å². The summed E-state index contributed by atoms with van der Waals surface area (Å²) in [4.78, 5) is 7.58. The summed E-state index contributed by atoms with van der Waals surface area (Å²) in [6.45, 7) is 4.67. The van der Waals surface area contributed by atoms with Gasteiger partial charge < -0.3 is 5.32 Å². The Morgan fingerprint density at radius 1 is 1.32 bits per heavy atom. The van der Waals surface area contributed by atoms with E-state index in [9.17, 15) is 0 Å². The predicted octanol–water partition coefficient (Wildman–Crippen LogP) is 2.66. The van der Waals surface area contributed by atoms with Crippen molar-refractivity contribution in [3.8, 4) is 0 Å². The lowest BCUT2D eigenvalue weighted by atomic mass is 9.85. The van der Waals surface area contributed by atoms with Crippen molar-refractivity contribution >= 4 is 11.3 Å².